The maximum absolute atomic E-state index is 10.9. The van der Waals surface area contributed by atoms with Crippen LogP contribution in [0.25, 0.3) is 0 Å². The van der Waals surface area contributed by atoms with Gasteiger partial charge in [0.2, 0.25) is 0 Å². The van der Waals surface area contributed by atoms with Gasteiger partial charge < -0.3 is 9.22 Å². The zero-order chi connectivity index (χ0) is 12.1. The minimum atomic E-state index is -1.50. The van der Waals surface area contributed by atoms with Crippen LogP contribution in [-0.4, -0.2) is 29.2 Å². The van der Waals surface area contributed by atoms with Gasteiger partial charge in [-0.15, -0.1) is 0 Å². The van der Waals surface area contributed by atoms with E-state index in [0.29, 0.717) is 5.57 Å². The summed E-state index contributed by atoms with van der Waals surface area (Å²) in [5.41, 5.74) is 0.502. The van der Waals surface area contributed by atoms with E-state index in [2.05, 4.69) is 26.6 Å². The molecule has 0 saturated heterocycles. The van der Waals surface area contributed by atoms with E-state index < -0.39 is 24.0 Å². The van der Waals surface area contributed by atoms with Crippen molar-refractivity contribution >= 4 is 24.0 Å². The lowest BCUT2D eigenvalue weighted by Crippen LogP contribution is -2.28. The molecule has 15 heavy (non-hydrogen) atoms. The van der Waals surface area contributed by atoms with Crippen molar-refractivity contribution in [2.24, 2.45) is 0 Å². The maximum atomic E-state index is 10.9. The number of hydrogen-bond acceptors (Lipinski definition) is 2. The molecule has 0 unspecified atom stereocenters. The second-order valence-corrected chi connectivity index (χ2v) is 11.2. The Balaban J connectivity index is 4.55. The molecule has 0 amide bonds. The molecule has 0 aliphatic heterocycles. The van der Waals surface area contributed by atoms with Crippen molar-refractivity contribution in [3.8, 4) is 0 Å². The third kappa shape index (κ3) is 6.64. The van der Waals surface area contributed by atoms with Crippen molar-refractivity contribution in [2.45, 2.75) is 46.3 Å². The number of carbonyl (C=O) groups is 1. The van der Waals surface area contributed by atoms with E-state index in [4.69, 9.17) is 9.22 Å². The smallest absolute Gasteiger partial charge is 0.330 e. The lowest BCUT2D eigenvalue weighted by atomic mass is 10.2. The first kappa shape index (κ1) is 14.6. The van der Waals surface area contributed by atoms with Gasteiger partial charge in [-0.1, -0.05) is 18.5 Å². The van der Waals surface area contributed by atoms with E-state index in [0.717, 1.165) is 18.0 Å². The third-order valence-electron chi connectivity index (χ3n) is 2.08. The topological polar surface area (TPSA) is 46.5 Å². The van der Waals surface area contributed by atoms with Crippen molar-refractivity contribution in [1.29, 1.82) is 0 Å². The Morgan fingerprint density at radius 1 is 1.40 bits per heavy atom. The lowest BCUT2D eigenvalue weighted by molar-refractivity contribution is -0.132. The molecule has 0 aromatic rings. The number of aliphatic carboxylic acids is 1. The summed E-state index contributed by atoms with van der Waals surface area (Å²) in [7, 11) is -2.31. The summed E-state index contributed by atoms with van der Waals surface area (Å²) in [6.45, 7) is 10.2. The second-order valence-electron chi connectivity index (χ2n) is 4.68. The summed E-state index contributed by atoms with van der Waals surface area (Å²) in [6.07, 6.45) is 1.86. The van der Waals surface area contributed by atoms with Crippen LogP contribution in [-0.2, 0) is 8.91 Å². The first-order chi connectivity index (χ1) is 6.78. The molecule has 0 bridgehead atoms. The molecule has 0 aromatic heterocycles. The van der Waals surface area contributed by atoms with Gasteiger partial charge in [-0.25, -0.2) is 4.79 Å². The summed E-state index contributed by atoms with van der Waals surface area (Å²) < 4.78 is 5.87. The monoisotopic (exact) mass is 246 g/mol. The fourth-order valence-corrected chi connectivity index (χ4v) is 4.42. The molecule has 0 radical (unpaired) electrons. The van der Waals surface area contributed by atoms with E-state index in [1.807, 2.05) is 0 Å². The Labute approximate surface area is 95.6 Å². The van der Waals surface area contributed by atoms with Gasteiger partial charge in [0.1, 0.15) is 0 Å². The Morgan fingerprint density at radius 2 is 1.93 bits per heavy atom. The fraction of sp³-hybridized carbons (Fsp3) is 0.700. The highest BCUT2D eigenvalue weighted by molar-refractivity contribution is 6.74. The normalized spacial score (nSPS) is 14.5. The first-order valence-corrected chi connectivity index (χ1v) is 10.0. The van der Waals surface area contributed by atoms with Crippen LogP contribution < -0.4 is 0 Å². The van der Waals surface area contributed by atoms with Crippen LogP contribution in [0.1, 0.15) is 26.7 Å². The number of allylic oxidation sites excluding steroid dienone is 1. The van der Waals surface area contributed by atoms with Gasteiger partial charge in [-0.3, -0.25) is 0 Å². The van der Waals surface area contributed by atoms with Crippen LogP contribution in [0.2, 0.25) is 19.6 Å². The van der Waals surface area contributed by atoms with Gasteiger partial charge in [0, 0.05) is 5.57 Å². The first-order valence-electron chi connectivity index (χ1n) is 5.33. The van der Waals surface area contributed by atoms with Gasteiger partial charge in [0.25, 0.3) is 0 Å². The second kappa shape index (κ2) is 6.24. The summed E-state index contributed by atoms with van der Waals surface area (Å²) in [5.74, 6) is -0.801. The molecule has 0 saturated carbocycles. The fourth-order valence-electron chi connectivity index (χ4n) is 1.12. The molecule has 0 aliphatic rings. The van der Waals surface area contributed by atoms with Crippen molar-refractivity contribution in [3.05, 3.63) is 10.8 Å². The molecular weight excluding hydrogens is 224 g/mol. The van der Waals surface area contributed by atoms with Crippen LogP contribution in [0, 0.1) is 0 Å². The highest BCUT2D eigenvalue weighted by atomic mass is 28.4. The zero-order valence-electron chi connectivity index (χ0n) is 10.4. The molecule has 0 aromatic carbocycles. The minimum Gasteiger partial charge on any atom is -0.478 e. The quantitative estimate of drug-likeness (QED) is 0.576. The predicted octanol–water partition coefficient (Wildman–Crippen LogP) is 2.08. The van der Waals surface area contributed by atoms with E-state index in [9.17, 15) is 4.79 Å². The van der Waals surface area contributed by atoms with Crippen LogP contribution in [0.4, 0.5) is 0 Å². The minimum absolute atomic E-state index is 0.502. The van der Waals surface area contributed by atoms with Crippen molar-refractivity contribution < 1.29 is 14.0 Å². The van der Waals surface area contributed by atoms with E-state index in [1.165, 1.54) is 0 Å². The van der Waals surface area contributed by atoms with Gasteiger partial charge in [-0.05, 0) is 33.0 Å². The molecule has 0 aliphatic carbocycles. The van der Waals surface area contributed by atoms with Gasteiger partial charge in [-0.2, -0.15) is 0 Å². The largest absolute Gasteiger partial charge is 0.478 e. The number of hydrogen-bond donors (Lipinski definition) is 1. The van der Waals surface area contributed by atoms with Crippen molar-refractivity contribution in [2.75, 3.05) is 0 Å². The van der Waals surface area contributed by atoms with Crippen LogP contribution in [0.5, 0.6) is 0 Å². The predicted molar refractivity (Wildman–Crippen MR) is 68.2 cm³/mol. The molecule has 0 rings (SSSR count). The lowest BCUT2D eigenvalue weighted by Gasteiger charge is -2.19. The number of carboxylic acid groups (broad SMARTS) is 1. The van der Waals surface area contributed by atoms with Gasteiger partial charge in [0.15, 0.2) is 18.1 Å². The van der Waals surface area contributed by atoms with E-state index in [-0.39, 0.29) is 0 Å². The van der Waals surface area contributed by atoms with Gasteiger partial charge in [0.05, 0.1) is 0 Å². The highest BCUT2D eigenvalue weighted by Gasteiger charge is 2.16. The molecule has 88 valence electrons. The summed E-state index contributed by atoms with van der Waals surface area (Å²) in [6, 6.07) is 0. The molecular formula is C10H22O3Si2. The standard InChI is InChI=1S/C10H22O3Si2/c1-6-7-9(8(2)10(11)12)14-13-15(3,4)5/h6-7,14H2,1-5H3,(H,11,12)/b9-8+. The summed E-state index contributed by atoms with van der Waals surface area (Å²) in [4.78, 5) is 10.9. The van der Waals surface area contributed by atoms with Crippen molar-refractivity contribution in [1.82, 2.24) is 0 Å². The molecule has 0 atom stereocenters. The zero-order valence-corrected chi connectivity index (χ0v) is 12.8. The van der Waals surface area contributed by atoms with Crippen molar-refractivity contribution in [3.63, 3.8) is 0 Å². The number of rotatable bonds is 6. The summed E-state index contributed by atoms with van der Waals surface area (Å²) >= 11 is 0. The average Bonchev–Trinajstić information content (AvgIpc) is 2.09. The SMILES string of the molecule is CCC/C([SiH2]O[Si](C)(C)C)=C(/C)C(=O)O. The molecule has 1 N–H and O–H groups in total. The van der Waals surface area contributed by atoms with E-state index >= 15 is 0 Å². The van der Waals surface area contributed by atoms with Gasteiger partial charge >= 0.3 is 5.97 Å². The molecule has 0 spiro atoms. The summed E-state index contributed by atoms with van der Waals surface area (Å²) in [5, 5.41) is 9.99. The highest BCUT2D eigenvalue weighted by Crippen LogP contribution is 2.13. The van der Waals surface area contributed by atoms with Crippen LogP contribution >= 0.6 is 0 Å². The Morgan fingerprint density at radius 3 is 2.27 bits per heavy atom. The van der Waals surface area contributed by atoms with Crippen LogP contribution in [0.15, 0.2) is 10.8 Å². The number of carboxylic acids is 1. The Kier molecular flexibility index (Phi) is 6.08. The molecule has 0 fully saturated rings. The van der Waals surface area contributed by atoms with E-state index in [1.54, 1.807) is 6.92 Å². The Bertz CT molecular complexity index is 254. The maximum Gasteiger partial charge on any atom is 0.330 e. The third-order valence-corrected chi connectivity index (χ3v) is 7.36. The molecule has 0 heterocycles. The average molecular weight is 246 g/mol. The van der Waals surface area contributed by atoms with Crippen LogP contribution in [0.3, 0.4) is 0 Å². The molecule has 5 heteroatoms. The molecule has 3 nitrogen and oxygen atoms in total. The Hall–Kier alpha value is -0.396.